The predicted molar refractivity (Wildman–Crippen MR) is 127 cm³/mol. The summed E-state index contributed by atoms with van der Waals surface area (Å²) in [4.78, 5) is 37.0. The van der Waals surface area contributed by atoms with Crippen LogP contribution in [0.15, 0.2) is 4.99 Å². The second kappa shape index (κ2) is 12.7. The minimum absolute atomic E-state index is 0. The number of halogens is 1. The molecule has 1 aliphatic carbocycles. The molecule has 30 heavy (non-hydrogen) atoms. The quantitative estimate of drug-likeness (QED) is 0.304. The molecule has 1 saturated carbocycles. The van der Waals surface area contributed by atoms with E-state index < -0.39 is 0 Å². The van der Waals surface area contributed by atoms with E-state index >= 15 is 0 Å². The average Bonchev–Trinajstić information content (AvgIpc) is 3.25. The first-order valence-corrected chi connectivity index (χ1v) is 10.9. The van der Waals surface area contributed by atoms with Gasteiger partial charge in [0.05, 0.1) is 19.8 Å². The van der Waals surface area contributed by atoms with Crippen molar-refractivity contribution in [3.63, 3.8) is 0 Å². The average molecular weight is 536 g/mol. The van der Waals surface area contributed by atoms with Crippen molar-refractivity contribution in [3.8, 4) is 0 Å². The number of nitrogens with zero attached hydrogens (tertiary/aromatic N) is 5. The van der Waals surface area contributed by atoms with Crippen LogP contribution in [0.3, 0.4) is 0 Å². The third kappa shape index (κ3) is 7.52. The summed E-state index contributed by atoms with van der Waals surface area (Å²) in [5, 5.41) is 3.58. The van der Waals surface area contributed by atoms with Crippen LogP contribution in [0, 0.1) is 0 Å². The van der Waals surface area contributed by atoms with Crippen molar-refractivity contribution in [1.29, 1.82) is 0 Å². The molecule has 0 spiro atoms. The molecule has 0 aromatic carbocycles. The van der Waals surface area contributed by atoms with Gasteiger partial charge in [0, 0.05) is 59.4 Å². The first-order chi connectivity index (χ1) is 14.0. The summed E-state index contributed by atoms with van der Waals surface area (Å²) in [5.74, 6) is 1.04. The van der Waals surface area contributed by atoms with Gasteiger partial charge in [-0.3, -0.25) is 14.5 Å². The lowest BCUT2D eigenvalue weighted by Crippen LogP contribution is -2.56. The number of nitrogens with one attached hydrogen (secondary N) is 1. The number of piperazine rings is 1. The van der Waals surface area contributed by atoms with Crippen LogP contribution in [-0.4, -0.2) is 123 Å². The summed E-state index contributed by atoms with van der Waals surface area (Å²) in [6.07, 6.45) is 4.82. The molecule has 0 bridgehead atoms. The Bertz CT molecular complexity index is 583. The van der Waals surface area contributed by atoms with Gasteiger partial charge in [-0.2, -0.15) is 0 Å². The van der Waals surface area contributed by atoms with Crippen LogP contribution in [0.4, 0.5) is 0 Å². The Labute approximate surface area is 197 Å². The Balaban J connectivity index is 0.00000320. The van der Waals surface area contributed by atoms with Crippen molar-refractivity contribution in [1.82, 2.24) is 24.9 Å². The Morgan fingerprint density at radius 3 is 2.23 bits per heavy atom. The number of hydrogen-bond donors (Lipinski definition) is 1. The molecule has 2 amide bonds. The molecule has 172 valence electrons. The van der Waals surface area contributed by atoms with Crippen LogP contribution < -0.4 is 5.32 Å². The number of guanidine groups is 1. The SMILES string of the molecule is CN(C)C(=O)CN=C(NC1CCCC1)N1CCN(CC(=O)N2CCOCC2)CC1.I. The van der Waals surface area contributed by atoms with Crippen molar-refractivity contribution in [3.05, 3.63) is 0 Å². The maximum atomic E-state index is 12.5. The molecule has 2 aliphatic heterocycles. The Kier molecular flexibility index (Phi) is 10.6. The van der Waals surface area contributed by atoms with E-state index in [1.807, 2.05) is 4.90 Å². The van der Waals surface area contributed by atoms with Crippen LogP contribution in [0.25, 0.3) is 0 Å². The molecule has 0 aromatic rings. The number of amides is 2. The highest BCUT2D eigenvalue weighted by Gasteiger charge is 2.26. The number of morpholine rings is 1. The van der Waals surface area contributed by atoms with Crippen molar-refractivity contribution in [2.24, 2.45) is 4.99 Å². The summed E-state index contributed by atoms with van der Waals surface area (Å²) in [6.45, 7) is 6.56. The third-order valence-corrected chi connectivity index (χ3v) is 5.95. The van der Waals surface area contributed by atoms with Gasteiger partial charge in [0.2, 0.25) is 11.8 Å². The zero-order valence-corrected chi connectivity index (χ0v) is 20.7. The van der Waals surface area contributed by atoms with E-state index in [2.05, 4.69) is 20.1 Å². The van der Waals surface area contributed by atoms with Crippen LogP contribution in [0.5, 0.6) is 0 Å². The van der Waals surface area contributed by atoms with Crippen LogP contribution in [0.1, 0.15) is 25.7 Å². The molecule has 0 unspecified atom stereocenters. The molecule has 0 radical (unpaired) electrons. The van der Waals surface area contributed by atoms with Gasteiger partial charge in [0.25, 0.3) is 0 Å². The third-order valence-electron chi connectivity index (χ3n) is 5.95. The van der Waals surface area contributed by atoms with Gasteiger partial charge in [-0.25, -0.2) is 4.99 Å². The van der Waals surface area contributed by atoms with E-state index in [0.29, 0.717) is 38.9 Å². The van der Waals surface area contributed by atoms with Crippen LogP contribution >= 0.6 is 24.0 Å². The van der Waals surface area contributed by atoms with Gasteiger partial charge in [0.15, 0.2) is 5.96 Å². The molecule has 10 heteroatoms. The van der Waals surface area contributed by atoms with E-state index in [4.69, 9.17) is 4.74 Å². The smallest absolute Gasteiger partial charge is 0.243 e. The number of aliphatic imine (C=N–C) groups is 1. The normalized spacial score (nSPS) is 21.3. The zero-order chi connectivity index (χ0) is 20.6. The van der Waals surface area contributed by atoms with Gasteiger partial charge in [-0.05, 0) is 12.8 Å². The van der Waals surface area contributed by atoms with E-state index in [-0.39, 0.29) is 42.3 Å². The molecule has 2 heterocycles. The fourth-order valence-electron chi connectivity index (χ4n) is 4.00. The number of likely N-dealkylation sites (N-methyl/N-ethyl adjacent to an activating group) is 1. The summed E-state index contributed by atoms with van der Waals surface area (Å²) in [5.41, 5.74) is 0. The number of carbonyl (C=O) groups excluding carboxylic acids is 2. The molecule has 9 nitrogen and oxygen atoms in total. The molecule has 3 rings (SSSR count). The minimum atomic E-state index is 0. The maximum Gasteiger partial charge on any atom is 0.243 e. The fraction of sp³-hybridized carbons (Fsp3) is 0.850. The largest absolute Gasteiger partial charge is 0.378 e. The molecule has 0 atom stereocenters. The van der Waals surface area contributed by atoms with Crippen molar-refractivity contribution < 1.29 is 14.3 Å². The lowest BCUT2D eigenvalue weighted by Gasteiger charge is -2.38. The maximum absolute atomic E-state index is 12.5. The van der Waals surface area contributed by atoms with Gasteiger partial charge in [-0.15, -0.1) is 24.0 Å². The number of carbonyl (C=O) groups is 2. The highest BCUT2D eigenvalue weighted by atomic mass is 127. The van der Waals surface area contributed by atoms with Crippen LogP contribution in [-0.2, 0) is 14.3 Å². The number of hydrogen-bond acceptors (Lipinski definition) is 5. The lowest BCUT2D eigenvalue weighted by atomic mass is 10.2. The lowest BCUT2D eigenvalue weighted by molar-refractivity contribution is -0.136. The number of ether oxygens (including phenoxy) is 1. The van der Waals surface area contributed by atoms with E-state index in [1.54, 1.807) is 19.0 Å². The van der Waals surface area contributed by atoms with Crippen molar-refractivity contribution >= 4 is 41.8 Å². The standard InChI is InChI=1S/C20H36N6O3.HI/c1-23(2)18(27)15-21-20(22-17-5-3-4-6-17)26-9-7-24(8-10-26)16-19(28)25-11-13-29-14-12-25;/h17H,3-16H2,1-2H3,(H,21,22);1H. The molecular formula is C20H37IN6O3. The van der Waals surface area contributed by atoms with E-state index in [0.717, 1.165) is 45.0 Å². The molecular weight excluding hydrogens is 499 g/mol. The number of rotatable bonds is 5. The summed E-state index contributed by atoms with van der Waals surface area (Å²) in [7, 11) is 3.51. The van der Waals surface area contributed by atoms with E-state index in [1.165, 1.54) is 12.8 Å². The highest BCUT2D eigenvalue weighted by Crippen LogP contribution is 2.18. The first-order valence-electron chi connectivity index (χ1n) is 10.9. The second-order valence-corrected chi connectivity index (χ2v) is 8.31. The Hall–Kier alpha value is -1.14. The Morgan fingerprint density at radius 2 is 1.63 bits per heavy atom. The minimum Gasteiger partial charge on any atom is -0.378 e. The Morgan fingerprint density at radius 1 is 1.00 bits per heavy atom. The van der Waals surface area contributed by atoms with Gasteiger partial charge in [-0.1, -0.05) is 12.8 Å². The summed E-state index contributed by atoms with van der Waals surface area (Å²) < 4.78 is 5.33. The highest BCUT2D eigenvalue weighted by molar-refractivity contribution is 14.0. The summed E-state index contributed by atoms with van der Waals surface area (Å²) >= 11 is 0. The monoisotopic (exact) mass is 536 g/mol. The zero-order valence-electron chi connectivity index (χ0n) is 18.3. The van der Waals surface area contributed by atoms with Crippen molar-refractivity contribution in [2.45, 2.75) is 31.7 Å². The second-order valence-electron chi connectivity index (χ2n) is 8.31. The predicted octanol–water partition coefficient (Wildman–Crippen LogP) is 0.0572. The van der Waals surface area contributed by atoms with Crippen molar-refractivity contribution in [2.75, 3.05) is 79.7 Å². The summed E-state index contributed by atoms with van der Waals surface area (Å²) in [6, 6.07) is 0.448. The first kappa shape index (κ1) is 25.1. The molecule has 3 fully saturated rings. The molecule has 0 aromatic heterocycles. The topological polar surface area (TPSA) is 80.7 Å². The van der Waals surface area contributed by atoms with Gasteiger partial charge >= 0.3 is 0 Å². The van der Waals surface area contributed by atoms with Gasteiger partial charge in [0.1, 0.15) is 6.54 Å². The fourth-order valence-corrected chi connectivity index (χ4v) is 4.00. The van der Waals surface area contributed by atoms with E-state index in [9.17, 15) is 9.59 Å². The molecule has 2 saturated heterocycles. The van der Waals surface area contributed by atoms with Crippen LogP contribution in [0.2, 0.25) is 0 Å². The molecule has 3 aliphatic rings. The molecule has 1 N–H and O–H groups in total. The van der Waals surface area contributed by atoms with Gasteiger partial charge < -0.3 is 24.8 Å².